The van der Waals surface area contributed by atoms with Crippen molar-refractivity contribution in [1.29, 1.82) is 0 Å². The number of amides is 2. The molecule has 1 saturated heterocycles. The van der Waals surface area contributed by atoms with Gasteiger partial charge in [0, 0.05) is 6.54 Å². The van der Waals surface area contributed by atoms with E-state index in [1.165, 1.54) is 0 Å². The zero-order chi connectivity index (χ0) is 14.7. The van der Waals surface area contributed by atoms with Crippen molar-refractivity contribution in [3.05, 3.63) is 35.9 Å². The van der Waals surface area contributed by atoms with E-state index in [1.807, 2.05) is 30.3 Å². The molecule has 0 saturated carbocycles. The van der Waals surface area contributed by atoms with Crippen molar-refractivity contribution in [2.24, 2.45) is 5.92 Å². The van der Waals surface area contributed by atoms with Gasteiger partial charge in [-0.1, -0.05) is 50.6 Å². The first kappa shape index (κ1) is 14.6. The Morgan fingerprint density at radius 3 is 2.50 bits per heavy atom. The van der Waals surface area contributed by atoms with Gasteiger partial charge in [0.1, 0.15) is 12.1 Å². The first-order valence-electron chi connectivity index (χ1n) is 7.20. The molecular formula is C16H22N2O2. The SMILES string of the molecule is CCC(C)CN1C(=O)C(c2ccccc2)NC(=O)C1C. The smallest absolute Gasteiger partial charge is 0.250 e. The van der Waals surface area contributed by atoms with Crippen molar-refractivity contribution in [2.45, 2.75) is 39.3 Å². The minimum Gasteiger partial charge on any atom is -0.339 e. The van der Waals surface area contributed by atoms with E-state index in [0.717, 1.165) is 12.0 Å². The third-order valence-electron chi connectivity index (χ3n) is 4.00. The Balaban J connectivity index is 2.24. The zero-order valence-electron chi connectivity index (χ0n) is 12.3. The van der Waals surface area contributed by atoms with Crippen molar-refractivity contribution in [3.63, 3.8) is 0 Å². The Kier molecular flexibility index (Phi) is 4.42. The lowest BCUT2D eigenvalue weighted by molar-refractivity contribution is -0.149. The summed E-state index contributed by atoms with van der Waals surface area (Å²) in [7, 11) is 0. The van der Waals surface area contributed by atoms with Gasteiger partial charge < -0.3 is 10.2 Å². The normalized spacial score (nSPS) is 24.4. The topological polar surface area (TPSA) is 49.4 Å². The van der Waals surface area contributed by atoms with E-state index in [0.29, 0.717) is 12.5 Å². The number of nitrogens with zero attached hydrogens (tertiary/aromatic N) is 1. The number of nitrogens with one attached hydrogen (secondary N) is 1. The minimum absolute atomic E-state index is 0.0106. The maximum atomic E-state index is 12.6. The summed E-state index contributed by atoms with van der Waals surface area (Å²) in [6.45, 7) is 6.62. The van der Waals surface area contributed by atoms with E-state index in [4.69, 9.17) is 0 Å². The molecule has 0 spiro atoms. The molecule has 2 amide bonds. The number of carbonyl (C=O) groups excluding carboxylic acids is 2. The Labute approximate surface area is 120 Å². The average Bonchev–Trinajstić information content (AvgIpc) is 2.48. The Bertz CT molecular complexity index is 487. The average molecular weight is 274 g/mol. The van der Waals surface area contributed by atoms with Gasteiger partial charge in [-0.15, -0.1) is 0 Å². The van der Waals surface area contributed by atoms with Gasteiger partial charge in [0.05, 0.1) is 0 Å². The molecule has 1 fully saturated rings. The van der Waals surface area contributed by atoms with Gasteiger partial charge in [0.2, 0.25) is 11.8 Å². The van der Waals surface area contributed by atoms with Crippen LogP contribution in [0.5, 0.6) is 0 Å². The summed E-state index contributed by atoms with van der Waals surface area (Å²) in [5, 5.41) is 2.82. The molecule has 4 nitrogen and oxygen atoms in total. The van der Waals surface area contributed by atoms with Crippen LogP contribution in [0, 0.1) is 5.92 Å². The lowest BCUT2D eigenvalue weighted by Crippen LogP contribution is -2.59. The van der Waals surface area contributed by atoms with Crippen LogP contribution in [0.25, 0.3) is 0 Å². The molecule has 3 unspecified atom stereocenters. The Hall–Kier alpha value is -1.84. The highest BCUT2D eigenvalue weighted by Gasteiger charge is 2.38. The zero-order valence-corrected chi connectivity index (χ0v) is 12.3. The van der Waals surface area contributed by atoms with Gasteiger partial charge in [-0.25, -0.2) is 0 Å². The first-order chi connectivity index (χ1) is 9.54. The van der Waals surface area contributed by atoms with Crippen LogP contribution in [0.15, 0.2) is 30.3 Å². The standard InChI is InChI=1S/C16H22N2O2/c1-4-11(2)10-18-12(3)15(19)17-14(16(18)20)13-8-6-5-7-9-13/h5-9,11-12,14H,4,10H2,1-3H3,(H,17,19). The molecule has 1 heterocycles. The maximum Gasteiger partial charge on any atom is 0.250 e. The molecule has 0 bridgehead atoms. The third-order valence-corrected chi connectivity index (χ3v) is 4.00. The number of carbonyl (C=O) groups is 2. The van der Waals surface area contributed by atoms with Crippen LogP contribution in [-0.2, 0) is 9.59 Å². The third kappa shape index (κ3) is 2.84. The fourth-order valence-electron chi connectivity index (χ4n) is 2.41. The molecule has 1 N–H and O–H groups in total. The molecule has 3 atom stereocenters. The minimum atomic E-state index is -0.552. The lowest BCUT2D eigenvalue weighted by atomic mass is 9.99. The number of hydrogen-bond acceptors (Lipinski definition) is 2. The molecule has 1 aliphatic rings. The van der Waals surface area contributed by atoms with Crippen molar-refractivity contribution < 1.29 is 9.59 Å². The number of piperazine rings is 1. The monoisotopic (exact) mass is 274 g/mol. The predicted molar refractivity (Wildman–Crippen MR) is 78.0 cm³/mol. The summed E-state index contributed by atoms with van der Waals surface area (Å²) in [6.07, 6.45) is 0.994. The molecule has 0 radical (unpaired) electrons. The van der Waals surface area contributed by atoms with Crippen LogP contribution in [0.3, 0.4) is 0 Å². The van der Waals surface area contributed by atoms with E-state index in [-0.39, 0.29) is 11.8 Å². The first-order valence-corrected chi connectivity index (χ1v) is 7.20. The second-order valence-corrected chi connectivity index (χ2v) is 5.53. The molecular weight excluding hydrogens is 252 g/mol. The van der Waals surface area contributed by atoms with Crippen molar-refractivity contribution in [1.82, 2.24) is 10.2 Å². The highest BCUT2D eigenvalue weighted by Crippen LogP contribution is 2.23. The van der Waals surface area contributed by atoms with Gasteiger partial charge in [0.15, 0.2) is 0 Å². The number of rotatable bonds is 4. The van der Waals surface area contributed by atoms with Crippen LogP contribution >= 0.6 is 0 Å². The molecule has 20 heavy (non-hydrogen) atoms. The van der Waals surface area contributed by atoms with E-state index < -0.39 is 12.1 Å². The maximum absolute atomic E-state index is 12.6. The molecule has 4 heteroatoms. The molecule has 1 aromatic rings. The van der Waals surface area contributed by atoms with Crippen LogP contribution in [0.4, 0.5) is 0 Å². The summed E-state index contributed by atoms with van der Waals surface area (Å²) in [6, 6.07) is 8.47. The Morgan fingerprint density at radius 1 is 1.25 bits per heavy atom. The van der Waals surface area contributed by atoms with Gasteiger partial charge >= 0.3 is 0 Å². The highest BCUT2D eigenvalue weighted by molar-refractivity contribution is 5.97. The van der Waals surface area contributed by atoms with Crippen molar-refractivity contribution in [3.8, 4) is 0 Å². The number of hydrogen-bond donors (Lipinski definition) is 1. The van der Waals surface area contributed by atoms with Gasteiger partial charge in [-0.05, 0) is 18.4 Å². The lowest BCUT2D eigenvalue weighted by Gasteiger charge is -2.38. The summed E-state index contributed by atoms with van der Waals surface area (Å²) in [5.41, 5.74) is 0.840. The van der Waals surface area contributed by atoms with Crippen LogP contribution in [-0.4, -0.2) is 29.3 Å². The second kappa shape index (κ2) is 6.07. The van der Waals surface area contributed by atoms with Gasteiger partial charge in [0.25, 0.3) is 0 Å². The summed E-state index contributed by atoms with van der Waals surface area (Å²) in [4.78, 5) is 26.5. The van der Waals surface area contributed by atoms with Crippen LogP contribution < -0.4 is 5.32 Å². The van der Waals surface area contributed by atoms with E-state index in [1.54, 1.807) is 11.8 Å². The Morgan fingerprint density at radius 2 is 1.90 bits per heavy atom. The van der Waals surface area contributed by atoms with E-state index in [2.05, 4.69) is 19.2 Å². The molecule has 0 aromatic heterocycles. The summed E-state index contributed by atoms with van der Waals surface area (Å²) < 4.78 is 0. The molecule has 108 valence electrons. The largest absolute Gasteiger partial charge is 0.339 e. The molecule has 1 aliphatic heterocycles. The molecule has 2 rings (SSSR count). The van der Waals surface area contributed by atoms with Gasteiger partial charge in [-0.3, -0.25) is 9.59 Å². The van der Waals surface area contributed by atoms with Crippen molar-refractivity contribution in [2.75, 3.05) is 6.54 Å². The highest BCUT2D eigenvalue weighted by atomic mass is 16.2. The quantitative estimate of drug-likeness (QED) is 0.914. The van der Waals surface area contributed by atoms with Gasteiger partial charge in [-0.2, -0.15) is 0 Å². The van der Waals surface area contributed by atoms with Crippen LogP contribution in [0.2, 0.25) is 0 Å². The van der Waals surface area contributed by atoms with Crippen molar-refractivity contribution >= 4 is 11.8 Å². The predicted octanol–water partition coefficient (Wildman–Crippen LogP) is 2.12. The number of benzene rings is 1. The molecule has 1 aromatic carbocycles. The fraction of sp³-hybridized carbons (Fsp3) is 0.500. The summed E-state index contributed by atoms with van der Waals surface area (Å²) in [5.74, 6) is 0.300. The van der Waals surface area contributed by atoms with E-state index in [9.17, 15) is 9.59 Å². The molecule has 0 aliphatic carbocycles. The second-order valence-electron chi connectivity index (χ2n) is 5.53. The fourth-order valence-corrected chi connectivity index (χ4v) is 2.41. The van der Waals surface area contributed by atoms with Crippen LogP contribution in [0.1, 0.15) is 38.8 Å². The van der Waals surface area contributed by atoms with E-state index >= 15 is 0 Å². The summed E-state index contributed by atoms with van der Waals surface area (Å²) >= 11 is 0.